The Morgan fingerprint density at radius 3 is 2.72 bits per heavy atom. The highest BCUT2D eigenvalue weighted by Gasteiger charge is 2.22. The Balaban J connectivity index is 2.80. The Kier molecular flexibility index (Phi) is 4.38. The van der Waals surface area contributed by atoms with Crippen LogP contribution < -0.4 is 5.32 Å². The smallest absolute Gasteiger partial charge is 0.339 e. The summed E-state index contributed by atoms with van der Waals surface area (Å²) < 4.78 is 5.13. The molecule has 0 saturated carbocycles. The fourth-order valence-corrected chi connectivity index (χ4v) is 1.31. The van der Waals surface area contributed by atoms with Crippen LogP contribution in [0.25, 0.3) is 0 Å². The van der Waals surface area contributed by atoms with Crippen LogP contribution in [-0.4, -0.2) is 34.7 Å². The van der Waals surface area contributed by atoms with Gasteiger partial charge in [0.2, 0.25) is 5.91 Å². The van der Waals surface area contributed by atoms with E-state index in [1.54, 1.807) is 13.8 Å². The topological polar surface area (TPSA) is 88.5 Å². The summed E-state index contributed by atoms with van der Waals surface area (Å²) in [5.74, 6) is -1.44. The van der Waals surface area contributed by atoms with Gasteiger partial charge >= 0.3 is 5.97 Å². The van der Waals surface area contributed by atoms with E-state index in [0.717, 1.165) is 0 Å². The Hall–Kier alpha value is -1.95. The third kappa shape index (κ3) is 3.81. The summed E-state index contributed by atoms with van der Waals surface area (Å²) in [5, 5.41) is 11.4. The molecular formula is C12H16N2O4. The van der Waals surface area contributed by atoms with Crippen molar-refractivity contribution in [3.05, 3.63) is 23.9 Å². The van der Waals surface area contributed by atoms with Gasteiger partial charge in [-0.3, -0.25) is 4.79 Å². The molecule has 0 bridgehead atoms. The number of carboxylic acids is 1. The molecule has 6 heteroatoms. The lowest BCUT2D eigenvalue weighted by Gasteiger charge is -2.21. The van der Waals surface area contributed by atoms with E-state index in [0.29, 0.717) is 0 Å². The Labute approximate surface area is 105 Å². The van der Waals surface area contributed by atoms with Crippen molar-refractivity contribution in [3.63, 3.8) is 0 Å². The zero-order valence-electron chi connectivity index (χ0n) is 10.6. The van der Waals surface area contributed by atoms with Gasteiger partial charge in [-0.15, -0.1) is 0 Å². The maximum Gasteiger partial charge on any atom is 0.339 e. The van der Waals surface area contributed by atoms with Crippen molar-refractivity contribution in [1.29, 1.82) is 0 Å². The first kappa shape index (κ1) is 14.1. The minimum absolute atomic E-state index is 0.0407. The van der Waals surface area contributed by atoms with E-state index in [9.17, 15) is 9.59 Å². The van der Waals surface area contributed by atoms with Crippen LogP contribution in [0.5, 0.6) is 0 Å². The van der Waals surface area contributed by atoms with E-state index in [4.69, 9.17) is 9.84 Å². The lowest BCUT2D eigenvalue weighted by atomic mass is 10.0. The van der Waals surface area contributed by atoms with Crippen LogP contribution in [0.15, 0.2) is 18.3 Å². The predicted molar refractivity (Wildman–Crippen MR) is 65.5 cm³/mol. The van der Waals surface area contributed by atoms with E-state index in [1.165, 1.54) is 25.4 Å². The summed E-state index contributed by atoms with van der Waals surface area (Å²) in [7, 11) is 1.51. The SMILES string of the molecule is COC(C)(C)CC(=O)Nc1ncccc1C(=O)O. The van der Waals surface area contributed by atoms with Crippen LogP contribution in [0.1, 0.15) is 30.6 Å². The summed E-state index contributed by atoms with van der Waals surface area (Å²) in [5.41, 5.74) is -0.650. The number of carboxylic acid groups (broad SMARTS) is 1. The summed E-state index contributed by atoms with van der Waals surface area (Å²) >= 11 is 0. The minimum atomic E-state index is -1.13. The van der Waals surface area contributed by atoms with E-state index in [1.807, 2.05) is 0 Å². The molecular weight excluding hydrogens is 236 g/mol. The lowest BCUT2D eigenvalue weighted by molar-refractivity contribution is -0.121. The van der Waals surface area contributed by atoms with E-state index in [-0.39, 0.29) is 23.7 Å². The molecule has 18 heavy (non-hydrogen) atoms. The largest absolute Gasteiger partial charge is 0.478 e. The third-order valence-electron chi connectivity index (χ3n) is 2.43. The molecule has 1 aromatic heterocycles. The maximum atomic E-state index is 11.7. The molecule has 6 nitrogen and oxygen atoms in total. The predicted octanol–water partition coefficient (Wildman–Crippen LogP) is 1.53. The van der Waals surface area contributed by atoms with Crippen LogP contribution in [0.3, 0.4) is 0 Å². The van der Waals surface area contributed by atoms with Crippen molar-refractivity contribution >= 4 is 17.7 Å². The molecule has 0 aliphatic rings. The average Bonchev–Trinajstić information content (AvgIpc) is 2.28. The number of carbonyl (C=O) groups excluding carboxylic acids is 1. The van der Waals surface area contributed by atoms with Gasteiger partial charge < -0.3 is 15.2 Å². The molecule has 0 fully saturated rings. The van der Waals surface area contributed by atoms with Gasteiger partial charge in [-0.2, -0.15) is 0 Å². The van der Waals surface area contributed by atoms with Gasteiger partial charge in [-0.1, -0.05) is 0 Å². The monoisotopic (exact) mass is 252 g/mol. The second-order valence-electron chi connectivity index (χ2n) is 4.39. The van der Waals surface area contributed by atoms with Crippen LogP contribution in [0.2, 0.25) is 0 Å². The van der Waals surface area contributed by atoms with Gasteiger partial charge in [0.15, 0.2) is 0 Å². The van der Waals surface area contributed by atoms with Gasteiger partial charge in [0.1, 0.15) is 11.4 Å². The number of nitrogens with one attached hydrogen (secondary N) is 1. The number of pyridine rings is 1. The fraction of sp³-hybridized carbons (Fsp3) is 0.417. The number of hydrogen-bond donors (Lipinski definition) is 2. The van der Waals surface area contributed by atoms with Gasteiger partial charge in [0, 0.05) is 13.3 Å². The van der Waals surface area contributed by atoms with Crippen molar-refractivity contribution in [2.24, 2.45) is 0 Å². The zero-order chi connectivity index (χ0) is 13.8. The molecule has 0 aromatic carbocycles. The molecule has 1 rings (SSSR count). The number of ether oxygens (including phenoxy) is 1. The number of carbonyl (C=O) groups is 2. The molecule has 0 spiro atoms. The van der Waals surface area contributed by atoms with Crippen LogP contribution in [0, 0.1) is 0 Å². The van der Waals surface area contributed by atoms with Crippen LogP contribution in [0.4, 0.5) is 5.82 Å². The third-order valence-corrected chi connectivity index (χ3v) is 2.43. The molecule has 0 atom stereocenters. The molecule has 0 radical (unpaired) electrons. The van der Waals surface area contributed by atoms with Crippen molar-refractivity contribution in [2.45, 2.75) is 25.9 Å². The lowest BCUT2D eigenvalue weighted by Crippen LogP contribution is -2.30. The molecule has 0 aliphatic heterocycles. The fourth-order valence-electron chi connectivity index (χ4n) is 1.31. The van der Waals surface area contributed by atoms with E-state index in [2.05, 4.69) is 10.3 Å². The first-order valence-corrected chi connectivity index (χ1v) is 5.39. The van der Waals surface area contributed by atoms with Gasteiger partial charge in [-0.25, -0.2) is 9.78 Å². The molecule has 0 unspecified atom stereocenters. The highest BCUT2D eigenvalue weighted by atomic mass is 16.5. The molecule has 2 N–H and O–H groups in total. The molecule has 98 valence electrons. The minimum Gasteiger partial charge on any atom is -0.478 e. The number of methoxy groups -OCH3 is 1. The van der Waals surface area contributed by atoms with Crippen molar-refractivity contribution in [1.82, 2.24) is 4.98 Å². The van der Waals surface area contributed by atoms with E-state index < -0.39 is 11.6 Å². The average molecular weight is 252 g/mol. The summed E-state index contributed by atoms with van der Waals surface area (Å²) in [4.78, 5) is 26.5. The highest BCUT2D eigenvalue weighted by Crippen LogP contribution is 2.16. The summed E-state index contributed by atoms with van der Waals surface area (Å²) in [6.07, 6.45) is 1.53. The van der Waals surface area contributed by atoms with Crippen molar-refractivity contribution in [2.75, 3.05) is 12.4 Å². The first-order valence-electron chi connectivity index (χ1n) is 5.39. The van der Waals surface area contributed by atoms with Gasteiger partial charge in [0.25, 0.3) is 0 Å². The number of amides is 1. The van der Waals surface area contributed by atoms with Crippen LogP contribution >= 0.6 is 0 Å². The van der Waals surface area contributed by atoms with Gasteiger partial charge in [0.05, 0.1) is 12.0 Å². The van der Waals surface area contributed by atoms with Crippen molar-refractivity contribution in [3.8, 4) is 0 Å². The number of aromatic carboxylic acids is 1. The number of rotatable bonds is 5. The normalized spacial score (nSPS) is 11.1. The number of nitrogens with zero attached hydrogens (tertiary/aromatic N) is 1. The highest BCUT2D eigenvalue weighted by molar-refractivity contribution is 5.99. The molecule has 1 amide bonds. The number of aromatic nitrogens is 1. The Bertz CT molecular complexity index is 457. The second-order valence-corrected chi connectivity index (χ2v) is 4.39. The van der Waals surface area contributed by atoms with Crippen molar-refractivity contribution < 1.29 is 19.4 Å². The standard InChI is InChI=1S/C12H16N2O4/c1-12(2,18-3)7-9(15)14-10-8(11(16)17)5-4-6-13-10/h4-6H,7H2,1-3H3,(H,16,17)(H,13,14,15). The van der Waals surface area contributed by atoms with E-state index >= 15 is 0 Å². The molecule has 0 saturated heterocycles. The maximum absolute atomic E-state index is 11.7. The number of anilines is 1. The Morgan fingerprint density at radius 2 is 2.17 bits per heavy atom. The number of hydrogen-bond acceptors (Lipinski definition) is 4. The first-order chi connectivity index (χ1) is 8.35. The van der Waals surface area contributed by atoms with Crippen LogP contribution in [-0.2, 0) is 9.53 Å². The second kappa shape index (κ2) is 5.59. The summed E-state index contributed by atoms with van der Waals surface area (Å²) in [6, 6.07) is 2.88. The van der Waals surface area contributed by atoms with Gasteiger partial charge in [-0.05, 0) is 26.0 Å². The molecule has 1 aromatic rings. The quantitative estimate of drug-likeness (QED) is 0.829. The summed E-state index contributed by atoms with van der Waals surface area (Å²) in [6.45, 7) is 3.53. The molecule has 1 heterocycles. The molecule has 0 aliphatic carbocycles. The Morgan fingerprint density at radius 1 is 1.50 bits per heavy atom. The zero-order valence-corrected chi connectivity index (χ0v) is 10.6.